The quantitative estimate of drug-likeness (QED) is 0.696. The summed E-state index contributed by atoms with van der Waals surface area (Å²) in [7, 11) is 0. The van der Waals surface area contributed by atoms with Gasteiger partial charge in [-0.3, -0.25) is 0 Å². The highest BCUT2D eigenvalue weighted by molar-refractivity contribution is 5.41. The summed E-state index contributed by atoms with van der Waals surface area (Å²) < 4.78 is 0. The first-order valence-electron chi connectivity index (χ1n) is 3.53. The second-order valence-electron chi connectivity index (χ2n) is 2.62. The molecule has 0 spiro atoms. The molecule has 11 heavy (non-hydrogen) atoms. The number of hydrogen-bond donors (Lipinski definition) is 1. The van der Waals surface area contributed by atoms with Crippen LogP contribution in [-0.4, -0.2) is 4.98 Å². The lowest BCUT2D eigenvalue weighted by Crippen LogP contribution is -1.95. The molecular formula is C9H12N2. The molecular weight excluding hydrogens is 136 g/mol. The number of pyridine rings is 1. The maximum absolute atomic E-state index is 4.11. The molecule has 0 radical (unpaired) electrons. The molecule has 0 aliphatic carbocycles. The van der Waals surface area contributed by atoms with Crippen LogP contribution in [0.2, 0.25) is 0 Å². The number of aryl methyl sites for hydroxylation is 1. The van der Waals surface area contributed by atoms with Crippen molar-refractivity contribution >= 4 is 5.82 Å². The minimum Gasteiger partial charge on any atom is -0.345 e. The van der Waals surface area contributed by atoms with Crippen molar-refractivity contribution in [1.29, 1.82) is 0 Å². The fourth-order valence-corrected chi connectivity index (χ4v) is 0.823. The Labute approximate surface area is 67.0 Å². The maximum Gasteiger partial charge on any atom is 0.130 e. The van der Waals surface area contributed by atoms with Gasteiger partial charge in [0, 0.05) is 11.9 Å². The van der Waals surface area contributed by atoms with Crippen LogP contribution in [0.1, 0.15) is 12.5 Å². The molecule has 0 bridgehead atoms. The molecule has 2 nitrogen and oxygen atoms in total. The van der Waals surface area contributed by atoms with E-state index in [2.05, 4.69) is 16.9 Å². The summed E-state index contributed by atoms with van der Waals surface area (Å²) in [5, 5.41) is 3.04. The topological polar surface area (TPSA) is 24.9 Å². The first-order valence-corrected chi connectivity index (χ1v) is 3.53. The summed E-state index contributed by atoms with van der Waals surface area (Å²) in [5.74, 6) is 0.859. The second-order valence-corrected chi connectivity index (χ2v) is 2.62. The molecule has 1 aromatic heterocycles. The van der Waals surface area contributed by atoms with E-state index in [1.165, 1.54) is 5.56 Å². The Morgan fingerprint density at radius 1 is 1.64 bits per heavy atom. The highest BCUT2D eigenvalue weighted by Crippen LogP contribution is 2.06. The Morgan fingerprint density at radius 2 is 2.36 bits per heavy atom. The largest absolute Gasteiger partial charge is 0.345 e. The zero-order valence-corrected chi connectivity index (χ0v) is 6.89. The van der Waals surface area contributed by atoms with E-state index in [-0.39, 0.29) is 0 Å². The van der Waals surface area contributed by atoms with E-state index < -0.39 is 0 Å². The number of nitrogens with zero attached hydrogens (tertiary/aromatic N) is 1. The fraction of sp³-hybridized carbons (Fsp3) is 0.222. The van der Waals surface area contributed by atoms with Crippen LogP contribution in [0.5, 0.6) is 0 Å². The number of hydrogen-bond acceptors (Lipinski definition) is 2. The summed E-state index contributed by atoms with van der Waals surface area (Å²) in [5.41, 5.74) is 2.10. The Kier molecular flexibility index (Phi) is 2.26. The van der Waals surface area contributed by atoms with Gasteiger partial charge in [0.05, 0.1) is 0 Å². The van der Waals surface area contributed by atoms with Crippen molar-refractivity contribution in [2.75, 3.05) is 5.32 Å². The lowest BCUT2D eigenvalue weighted by molar-refractivity contribution is 1.24. The van der Waals surface area contributed by atoms with E-state index >= 15 is 0 Å². The highest BCUT2D eigenvalue weighted by atomic mass is 15.0. The van der Waals surface area contributed by atoms with E-state index in [0.29, 0.717) is 0 Å². The zero-order chi connectivity index (χ0) is 8.27. The van der Waals surface area contributed by atoms with Gasteiger partial charge >= 0.3 is 0 Å². The molecule has 0 unspecified atom stereocenters. The fourth-order valence-electron chi connectivity index (χ4n) is 0.823. The summed E-state index contributed by atoms with van der Waals surface area (Å²) >= 11 is 0. The van der Waals surface area contributed by atoms with Crippen molar-refractivity contribution in [3.63, 3.8) is 0 Å². The number of aromatic nitrogens is 1. The van der Waals surface area contributed by atoms with Gasteiger partial charge in [-0.15, -0.1) is 0 Å². The van der Waals surface area contributed by atoms with Crippen molar-refractivity contribution in [1.82, 2.24) is 4.98 Å². The number of allylic oxidation sites excluding steroid dienone is 1. The van der Waals surface area contributed by atoms with Crippen molar-refractivity contribution in [3.05, 3.63) is 36.2 Å². The molecule has 1 aromatic rings. The summed E-state index contributed by atoms with van der Waals surface area (Å²) in [6.07, 6.45) is 1.78. The Hall–Kier alpha value is -1.31. The van der Waals surface area contributed by atoms with Gasteiger partial charge in [-0.1, -0.05) is 6.58 Å². The van der Waals surface area contributed by atoms with Crippen LogP contribution in [-0.2, 0) is 0 Å². The van der Waals surface area contributed by atoms with Crippen LogP contribution in [0, 0.1) is 6.92 Å². The zero-order valence-electron chi connectivity index (χ0n) is 6.89. The molecule has 2 heteroatoms. The minimum absolute atomic E-state index is 0.859. The monoisotopic (exact) mass is 148 g/mol. The highest BCUT2D eigenvalue weighted by Gasteiger charge is 1.91. The van der Waals surface area contributed by atoms with Gasteiger partial charge in [-0.05, 0) is 31.5 Å². The minimum atomic E-state index is 0.859. The molecule has 0 saturated heterocycles. The first kappa shape index (κ1) is 7.79. The third kappa shape index (κ3) is 2.42. The molecule has 1 heterocycles. The van der Waals surface area contributed by atoms with E-state index in [4.69, 9.17) is 0 Å². The number of rotatable bonds is 2. The van der Waals surface area contributed by atoms with E-state index in [0.717, 1.165) is 11.5 Å². The van der Waals surface area contributed by atoms with Crippen molar-refractivity contribution in [2.45, 2.75) is 13.8 Å². The summed E-state index contributed by atoms with van der Waals surface area (Å²) in [4.78, 5) is 4.11. The van der Waals surface area contributed by atoms with Crippen LogP contribution in [0.3, 0.4) is 0 Å². The normalized spacial score (nSPS) is 9.27. The Bertz CT molecular complexity index is 266. The van der Waals surface area contributed by atoms with Crippen molar-refractivity contribution in [2.24, 2.45) is 0 Å². The van der Waals surface area contributed by atoms with Gasteiger partial charge in [0.15, 0.2) is 0 Å². The number of anilines is 1. The average Bonchev–Trinajstić information content (AvgIpc) is 1.85. The lowest BCUT2D eigenvalue weighted by Gasteiger charge is -2.03. The predicted octanol–water partition coefficient (Wildman–Crippen LogP) is 2.34. The molecule has 58 valence electrons. The molecule has 0 aliphatic rings. The Balaban J connectivity index is 2.79. The molecule has 0 aliphatic heterocycles. The van der Waals surface area contributed by atoms with E-state index in [9.17, 15) is 0 Å². The SMILES string of the molecule is C=C(C)Nc1cc(C)ccn1. The van der Waals surface area contributed by atoms with Gasteiger partial charge in [-0.2, -0.15) is 0 Å². The van der Waals surface area contributed by atoms with E-state index in [1.807, 2.05) is 26.0 Å². The summed E-state index contributed by atoms with van der Waals surface area (Å²) in [6, 6.07) is 3.94. The lowest BCUT2D eigenvalue weighted by atomic mass is 10.3. The van der Waals surface area contributed by atoms with Gasteiger partial charge in [0.2, 0.25) is 0 Å². The van der Waals surface area contributed by atoms with Crippen LogP contribution in [0.25, 0.3) is 0 Å². The predicted molar refractivity (Wildman–Crippen MR) is 47.4 cm³/mol. The first-order chi connectivity index (χ1) is 5.18. The third-order valence-electron chi connectivity index (χ3n) is 1.26. The smallest absolute Gasteiger partial charge is 0.130 e. The molecule has 0 aromatic carbocycles. The molecule has 0 saturated carbocycles. The van der Waals surface area contributed by atoms with Crippen LogP contribution >= 0.6 is 0 Å². The average molecular weight is 148 g/mol. The molecule has 1 N–H and O–H groups in total. The van der Waals surface area contributed by atoms with Gasteiger partial charge in [0.25, 0.3) is 0 Å². The second kappa shape index (κ2) is 3.19. The number of nitrogens with one attached hydrogen (secondary N) is 1. The van der Waals surface area contributed by atoms with Crippen LogP contribution in [0.4, 0.5) is 5.82 Å². The molecule has 0 atom stereocenters. The van der Waals surface area contributed by atoms with E-state index in [1.54, 1.807) is 6.20 Å². The molecule has 1 rings (SSSR count). The van der Waals surface area contributed by atoms with Gasteiger partial charge in [-0.25, -0.2) is 4.98 Å². The van der Waals surface area contributed by atoms with Crippen molar-refractivity contribution in [3.8, 4) is 0 Å². The third-order valence-corrected chi connectivity index (χ3v) is 1.26. The maximum atomic E-state index is 4.11. The summed E-state index contributed by atoms with van der Waals surface area (Å²) in [6.45, 7) is 7.67. The van der Waals surface area contributed by atoms with Crippen molar-refractivity contribution < 1.29 is 0 Å². The van der Waals surface area contributed by atoms with Crippen LogP contribution < -0.4 is 5.32 Å². The van der Waals surface area contributed by atoms with Gasteiger partial charge in [0.1, 0.15) is 5.82 Å². The molecule has 0 amide bonds. The van der Waals surface area contributed by atoms with Crippen LogP contribution in [0.15, 0.2) is 30.6 Å². The van der Waals surface area contributed by atoms with Gasteiger partial charge < -0.3 is 5.32 Å². The molecule has 0 fully saturated rings. The standard InChI is InChI=1S/C9H12N2/c1-7(2)11-9-6-8(3)4-5-10-9/h4-6H,1H2,2-3H3,(H,10,11). The Morgan fingerprint density at radius 3 is 2.91 bits per heavy atom.